The van der Waals surface area contributed by atoms with Gasteiger partial charge in [-0.15, -0.1) is 0 Å². The Morgan fingerprint density at radius 1 is 1.22 bits per heavy atom. The fourth-order valence-electron chi connectivity index (χ4n) is 1.76. The molecule has 0 aromatic carbocycles. The van der Waals surface area contributed by atoms with E-state index >= 15 is 0 Å². The van der Waals surface area contributed by atoms with Crippen LogP contribution in [-0.2, 0) is 22.8 Å². The van der Waals surface area contributed by atoms with Gasteiger partial charge in [0.15, 0.2) is 0 Å². The molecule has 0 amide bonds. The molecular weight excluding hydrogens is 252 g/mol. The van der Waals surface area contributed by atoms with E-state index in [9.17, 15) is 4.79 Å². The van der Waals surface area contributed by atoms with E-state index < -0.39 is 14.8 Å². The standard InChI is InChI=1S/C12H24O5Si/c1-7-8-11(9-17-12(13)10(2)3)18(14-4,15-5)16-6/h11H,2,7-9H2,1,3-6H3. The van der Waals surface area contributed by atoms with Gasteiger partial charge in [-0.3, -0.25) is 0 Å². The van der Waals surface area contributed by atoms with Crippen LogP contribution in [-0.4, -0.2) is 42.7 Å². The highest BCUT2D eigenvalue weighted by Crippen LogP contribution is 2.29. The van der Waals surface area contributed by atoms with E-state index in [1.54, 1.807) is 28.3 Å². The van der Waals surface area contributed by atoms with E-state index in [0.29, 0.717) is 5.57 Å². The molecule has 0 radical (unpaired) electrons. The third-order valence-corrected chi connectivity index (χ3v) is 5.92. The van der Waals surface area contributed by atoms with Gasteiger partial charge in [0, 0.05) is 26.9 Å². The summed E-state index contributed by atoms with van der Waals surface area (Å²) in [5.41, 5.74) is 0.315. The van der Waals surface area contributed by atoms with Crippen LogP contribution >= 0.6 is 0 Å². The number of hydrogen-bond donors (Lipinski definition) is 0. The number of carbonyl (C=O) groups is 1. The molecular formula is C12H24O5Si. The zero-order valence-corrected chi connectivity index (χ0v) is 12.9. The molecule has 0 spiro atoms. The molecule has 0 aliphatic rings. The molecule has 1 unspecified atom stereocenters. The van der Waals surface area contributed by atoms with Crippen molar-refractivity contribution in [2.75, 3.05) is 27.9 Å². The average molecular weight is 276 g/mol. The monoisotopic (exact) mass is 276 g/mol. The van der Waals surface area contributed by atoms with Crippen LogP contribution in [0.2, 0.25) is 5.54 Å². The quantitative estimate of drug-likeness (QED) is 0.367. The summed E-state index contributed by atoms with van der Waals surface area (Å²) >= 11 is 0. The minimum atomic E-state index is -2.78. The van der Waals surface area contributed by atoms with Gasteiger partial charge in [-0.2, -0.15) is 0 Å². The number of ether oxygens (including phenoxy) is 1. The molecule has 6 heteroatoms. The summed E-state index contributed by atoms with van der Waals surface area (Å²) in [4.78, 5) is 11.4. The van der Waals surface area contributed by atoms with Crippen molar-refractivity contribution in [2.45, 2.75) is 32.2 Å². The predicted molar refractivity (Wildman–Crippen MR) is 71.2 cm³/mol. The maximum Gasteiger partial charge on any atom is 0.506 e. The molecule has 0 heterocycles. The zero-order valence-electron chi connectivity index (χ0n) is 11.9. The first-order valence-corrected chi connectivity index (χ1v) is 7.75. The average Bonchev–Trinajstić information content (AvgIpc) is 2.37. The Morgan fingerprint density at radius 3 is 2.06 bits per heavy atom. The van der Waals surface area contributed by atoms with Gasteiger partial charge in [-0.1, -0.05) is 19.9 Å². The van der Waals surface area contributed by atoms with Crippen LogP contribution in [0.15, 0.2) is 12.2 Å². The third kappa shape index (κ3) is 4.53. The zero-order chi connectivity index (χ0) is 14.2. The lowest BCUT2D eigenvalue weighted by Crippen LogP contribution is -2.49. The van der Waals surface area contributed by atoms with Crippen molar-refractivity contribution in [3.8, 4) is 0 Å². The van der Waals surface area contributed by atoms with Crippen LogP contribution in [0.5, 0.6) is 0 Å². The lowest BCUT2D eigenvalue weighted by atomic mass is 10.2. The highest BCUT2D eigenvalue weighted by Gasteiger charge is 2.47. The molecule has 0 N–H and O–H groups in total. The van der Waals surface area contributed by atoms with Crippen LogP contribution in [0.3, 0.4) is 0 Å². The highest BCUT2D eigenvalue weighted by molar-refractivity contribution is 6.62. The van der Waals surface area contributed by atoms with Gasteiger partial charge in [-0.25, -0.2) is 4.79 Å². The Kier molecular flexibility index (Phi) is 8.09. The lowest BCUT2D eigenvalue weighted by Gasteiger charge is -2.31. The maximum atomic E-state index is 11.4. The predicted octanol–water partition coefficient (Wildman–Crippen LogP) is 2.15. The highest BCUT2D eigenvalue weighted by atomic mass is 28.4. The summed E-state index contributed by atoms with van der Waals surface area (Å²) in [5.74, 6) is -0.401. The number of hydrogen-bond acceptors (Lipinski definition) is 5. The normalized spacial score (nSPS) is 13.2. The van der Waals surface area contributed by atoms with Crippen molar-refractivity contribution in [1.82, 2.24) is 0 Å². The minimum Gasteiger partial charge on any atom is -0.462 e. The van der Waals surface area contributed by atoms with Crippen LogP contribution in [0.25, 0.3) is 0 Å². The summed E-state index contributed by atoms with van der Waals surface area (Å²) in [6, 6.07) is 0. The first-order chi connectivity index (χ1) is 8.47. The largest absolute Gasteiger partial charge is 0.506 e. The van der Waals surface area contributed by atoms with Gasteiger partial charge >= 0.3 is 14.8 Å². The summed E-state index contributed by atoms with van der Waals surface area (Å²) < 4.78 is 21.5. The van der Waals surface area contributed by atoms with E-state index in [1.807, 2.05) is 6.92 Å². The molecule has 0 saturated carbocycles. The van der Waals surface area contributed by atoms with Crippen LogP contribution in [0.4, 0.5) is 0 Å². The molecule has 1 atom stereocenters. The second kappa shape index (κ2) is 8.42. The Morgan fingerprint density at radius 2 is 1.72 bits per heavy atom. The van der Waals surface area contributed by atoms with E-state index in [1.165, 1.54) is 0 Å². The van der Waals surface area contributed by atoms with E-state index in [0.717, 1.165) is 12.8 Å². The fourth-order valence-corrected chi connectivity index (χ4v) is 4.19. The summed E-state index contributed by atoms with van der Waals surface area (Å²) in [5, 5.41) is 0. The molecule has 0 fully saturated rings. The van der Waals surface area contributed by atoms with E-state index in [-0.39, 0.29) is 12.1 Å². The smallest absolute Gasteiger partial charge is 0.462 e. The Labute approximate surface area is 110 Å². The van der Waals surface area contributed by atoms with Crippen LogP contribution < -0.4 is 0 Å². The van der Waals surface area contributed by atoms with Gasteiger partial charge in [0.1, 0.15) is 0 Å². The molecule has 0 rings (SSSR count). The lowest BCUT2D eigenvalue weighted by molar-refractivity contribution is -0.139. The van der Waals surface area contributed by atoms with Crippen LogP contribution in [0.1, 0.15) is 26.7 Å². The van der Waals surface area contributed by atoms with Gasteiger partial charge in [-0.05, 0) is 13.3 Å². The Hall–Kier alpha value is -0.693. The number of esters is 1. The summed E-state index contributed by atoms with van der Waals surface area (Å²) in [7, 11) is 1.90. The third-order valence-electron chi connectivity index (χ3n) is 2.75. The van der Waals surface area contributed by atoms with Gasteiger partial charge in [0.2, 0.25) is 0 Å². The van der Waals surface area contributed by atoms with Crippen molar-refractivity contribution in [2.24, 2.45) is 0 Å². The maximum absolute atomic E-state index is 11.4. The van der Waals surface area contributed by atoms with Gasteiger partial charge in [0.25, 0.3) is 0 Å². The van der Waals surface area contributed by atoms with Crippen molar-refractivity contribution in [3.63, 3.8) is 0 Å². The second-order valence-corrected chi connectivity index (χ2v) is 7.33. The molecule has 0 aliphatic heterocycles. The molecule has 0 aromatic rings. The van der Waals surface area contributed by atoms with E-state index in [2.05, 4.69) is 6.58 Å². The van der Waals surface area contributed by atoms with E-state index in [4.69, 9.17) is 18.0 Å². The minimum absolute atomic E-state index is 0.0641. The SMILES string of the molecule is C=C(C)C(=O)OCC(CCC)[Si](OC)(OC)OC. The molecule has 0 bridgehead atoms. The first-order valence-electron chi connectivity index (χ1n) is 5.95. The Balaban J connectivity index is 4.72. The van der Waals surface area contributed by atoms with Crippen LogP contribution in [0, 0.1) is 0 Å². The molecule has 0 aliphatic carbocycles. The van der Waals surface area contributed by atoms with Gasteiger partial charge < -0.3 is 18.0 Å². The Bertz CT molecular complexity index is 267. The first kappa shape index (κ1) is 17.3. The number of carbonyl (C=O) groups excluding carboxylic acids is 1. The van der Waals surface area contributed by atoms with Crippen molar-refractivity contribution in [1.29, 1.82) is 0 Å². The van der Waals surface area contributed by atoms with Crippen molar-refractivity contribution >= 4 is 14.8 Å². The summed E-state index contributed by atoms with van der Waals surface area (Å²) in [6.45, 7) is 7.43. The molecule has 5 nitrogen and oxygen atoms in total. The molecule has 0 aromatic heterocycles. The fraction of sp³-hybridized carbons (Fsp3) is 0.750. The molecule has 106 valence electrons. The summed E-state index contributed by atoms with van der Waals surface area (Å²) in [6.07, 6.45) is 1.74. The number of rotatable bonds is 9. The topological polar surface area (TPSA) is 54.0 Å². The molecule has 0 saturated heterocycles. The van der Waals surface area contributed by atoms with Crippen molar-refractivity contribution < 1.29 is 22.8 Å². The van der Waals surface area contributed by atoms with Gasteiger partial charge in [0.05, 0.1) is 12.1 Å². The second-order valence-electron chi connectivity index (χ2n) is 4.08. The molecule has 18 heavy (non-hydrogen) atoms. The van der Waals surface area contributed by atoms with Crippen molar-refractivity contribution in [3.05, 3.63) is 12.2 Å².